The number of nitrogens with zero attached hydrogens (tertiary/aromatic N) is 1. The molecule has 0 spiro atoms. The molecule has 0 atom stereocenters. The van der Waals surface area contributed by atoms with Crippen LogP contribution in [0.25, 0.3) is 0 Å². The van der Waals surface area contributed by atoms with Gasteiger partial charge in [-0.2, -0.15) is 0 Å². The summed E-state index contributed by atoms with van der Waals surface area (Å²) >= 11 is 1.43. The Labute approximate surface area is 273 Å². The van der Waals surface area contributed by atoms with E-state index in [9.17, 15) is 18.0 Å². The summed E-state index contributed by atoms with van der Waals surface area (Å²) in [6, 6.07) is 10.9. The van der Waals surface area contributed by atoms with E-state index < -0.39 is 27.3 Å². The predicted molar refractivity (Wildman–Crippen MR) is 181 cm³/mol. The van der Waals surface area contributed by atoms with Crippen molar-refractivity contribution in [3.63, 3.8) is 0 Å². The maximum absolute atomic E-state index is 14.3. The van der Waals surface area contributed by atoms with Crippen LogP contribution in [0.3, 0.4) is 0 Å². The quantitative estimate of drug-likeness (QED) is 0.0623. The average Bonchev–Trinajstić information content (AvgIpc) is 3.11. The summed E-state index contributed by atoms with van der Waals surface area (Å²) in [5, 5.41) is 2.77. The third-order valence-electron chi connectivity index (χ3n) is 7.82. The highest BCUT2D eigenvalue weighted by Crippen LogP contribution is 2.48. The zero-order chi connectivity index (χ0) is 32.9. The number of rotatable bonds is 16. The molecule has 11 heteroatoms. The summed E-state index contributed by atoms with van der Waals surface area (Å²) in [6.07, 6.45) is 10.9. The number of amides is 1. The monoisotopic (exact) mass is 660 g/mol. The van der Waals surface area contributed by atoms with Gasteiger partial charge in [0.15, 0.2) is 9.84 Å². The molecule has 0 radical (unpaired) electrons. The molecule has 0 saturated carbocycles. The van der Waals surface area contributed by atoms with E-state index in [-0.39, 0.29) is 17.3 Å². The van der Waals surface area contributed by atoms with Crippen LogP contribution in [0.4, 0.5) is 21.9 Å². The zero-order valence-corrected chi connectivity index (χ0v) is 28.9. The molecular weight excluding hydrogens is 613 g/mol. The maximum atomic E-state index is 14.3. The second kappa shape index (κ2) is 17.5. The molecule has 1 aliphatic heterocycles. The first-order chi connectivity index (χ1) is 21.6. The van der Waals surface area contributed by atoms with Crippen LogP contribution in [0.5, 0.6) is 5.75 Å². The molecular formula is C34H48N2O7S2. The van der Waals surface area contributed by atoms with Crippen LogP contribution in [-0.2, 0) is 24.1 Å². The van der Waals surface area contributed by atoms with Crippen molar-refractivity contribution >= 4 is 50.7 Å². The predicted octanol–water partition coefficient (Wildman–Crippen LogP) is 8.50. The number of anilines is 3. The lowest BCUT2D eigenvalue weighted by atomic mass is 9.79. The number of thioether (sulfide) groups is 1. The Morgan fingerprint density at radius 1 is 0.978 bits per heavy atom. The van der Waals surface area contributed by atoms with Gasteiger partial charge in [-0.25, -0.2) is 18.0 Å². The first-order valence-electron chi connectivity index (χ1n) is 15.9. The number of fused-ring (bicyclic) bond motifs is 1. The van der Waals surface area contributed by atoms with Crippen LogP contribution in [0.1, 0.15) is 79.1 Å². The Bertz CT molecular complexity index is 1400. The number of benzene rings is 2. The SMILES string of the molecule is CCCCOC(=O)Nc1ccc(N2CC(CCCC)(CCCC)CS(=O)(=O)c3cc(O/C=C/C(=O)OCC)c(SC)cc32)cc1. The van der Waals surface area contributed by atoms with Crippen molar-refractivity contribution in [2.75, 3.05) is 42.0 Å². The van der Waals surface area contributed by atoms with E-state index in [0.717, 1.165) is 61.9 Å². The largest absolute Gasteiger partial charge is 0.464 e. The van der Waals surface area contributed by atoms with Gasteiger partial charge in [0, 0.05) is 29.4 Å². The molecule has 0 unspecified atom stereocenters. The van der Waals surface area contributed by atoms with Crippen LogP contribution in [0.15, 0.2) is 58.5 Å². The van der Waals surface area contributed by atoms with Crippen molar-refractivity contribution in [1.82, 2.24) is 0 Å². The van der Waals surface area contributed by atoms with E-state index in [0.29, 0.717) is 30.3 Å². The summed E-state index contributed by atoms with van der Waals surface area (Å²) in [4.78, 5) is 27.1. The molecule has 0 bridgehead atoms. The van der Waals surface area contributed by atoms with Gasteiger partial charge in [-0.1, -0.05) is 52.9 Å². The Balaban J connectivity index is 2.11. The minimum Gasteiger partial charge on any atom is -0.464 e. The lowest BCUT2D eigenvalue weighted by molar-refractivity contribution is -0.137. The molecule has 0 aromatic heterocycles. The number of carbonyl (C=O) groups excluding carboxylic acids is 2. The maximum Gasteiger partial charge on any atom is 0.411 e. The summed E-state index contributed by atoms with van der Waals surface area (Å²) in [5.74, 6) is -0.162. The van der Waals surface area contributed by atoms with Crippen LogP contribution >= 0.6 is 11.8 Å². The standard InChI is InChI=1S/C34H48N2O7S2/c1-6-10-18-34(19-11-7-2)24-36(27-15-13-26(14-16-27)35-33(38)43-20-12-8-3)28-22-30(44-5)29(23-31(28)45(39,40)25-34)42-21-17-32(37)41-9-4/h13-17,21-23H,6-12,18-20,24-25H2,1-5H3,(H,35,38)/b21-17+. The van der Waals surface area contributed by atoms with E-state index in [1.807, 2.05) is 43.5 Å². The van der Waals surface area contributed by atoms with Crippen LogP contribution in [0, 0.1) is 5.41 Å². The molecule has 1 amide bonds. The second-order valence-electron chi connectivity index (χ2n) is 11.4. The van der Waals surface area contributed by atoms with Gasteiger partial charge in [-0.3, -0.25) is 5.32 Å². The van der Waals surface area contributed by atoms with Gasteiger partial charge in [0.25, 0.3) is 0 Å². The fourth-order valence-electron chi connectivity index (χ4n) is 5.49. The minimum atomic E-state index is -3.74. The Hall–Kier alpha value is -3.18. The molecule has 1 heterocycles. The van der Waals surface area contributed by atoms with Crippen LogP contribution < -0.4 is 15.0 Å². The highest BCUT2D eigenvalue weighted by molar-refractivity contribution is 7.98. The molecule has 248 valence electrons. The summed E-state index contributed by atoms with van der Waals surface area (Å²) in [5.41, 5.74) is 1.52. The fourth-order valence-corrected chi connectivity index (χ4v) is 8.15. The van der Waals surface area contributed by atoms with Gasteiger partial charge >= 0.3 is 12.1 Å². The van der Waals surface area contributed by atoms with Crippen molar-refractivity contribution in [3.8, 4) is 5.75 Å². The zero-order valence-electron chi connectivity index (χ0n) is 27.2. The van der Waals surface area contributed by atoms with Gasteiger partial charge in [0.1, 0.15) is 5.75 Å². The van der Waals surface area contributed by atoms with E-state index in [2.05, 4.69) is 24.1 Å². The Morgan fingerprint density at radius 3 is 2.24 bits per heavy atom. The highest BCUT2D eigenvalue weighted by atomic mass is 32.2. The number of sulfone groups is 1. The van der Waals surface area contributed by atoms with Crippen LogP contribution in [-0.4, -0.2) is 52.2 Å². The Kier molecular flexibility index (Phi) is 14.1. The third kappa shape index (κ3) is 10.2. The lowest BCUT2D eigenvalue weighted by Gasteiger charge is -2.37. The molecule has 2 aromatic carbocycles. The average molecular weight is 661 g/mol. The van der Waals surface area contributed by atoms with Gasteiger partial charge in [-0.05, 0) is 62.8 Å². The molecule has 45 heavy (non-hydrogen) atoms. The minimum absolute atomic E-state index is 0.0312. The number of esters is 1. The van der Waals surface area contributed by atoms with Gasteiger partial charge in [0.2, 0.25) is 0 Å². The first-order valence-corrected chi connectivity index (χ1v) is 18.8. The number of unbranched alkanes of at least 4 members (excludes halogenated alkanes) is 3. The summed E-state index contributed by atoms with van der Waals surface area (Å²) in [6.45, 7) is 9.13. The molecule has 1 aliphatic rings. The van der Waals surface area contributed by atoms with Crippen molar-refractivity contribution < 1.29 is 32.2 Å². The van der Waals surface area contributed by atoms with Crippen molar-refractivity contribution in [1.29, 1.82) is 0 Å². The van der Waals surface area contributed by atoms with E-state index >= 15 is 0 Å². The molecule has 2 aromatic rings. The van der Waals surface area contributed by atoms with Crippen molar-refractivity contribution in [2.24, 2.45) is 5.41 Å². The van der Waals surface area contributed by atoms with Crippen molar-refractivity contribution in [2.45, 2.75) is 88.9 Å². The molecule has 3 rings (SSSR count). The number of ether oxygens (including phenoxy) is 3. The second-order valence-corrected chi connectivity index (χ2v) is 14.2. The number of hydrogen-bond donors (Lipinski definition) is 1. The first kappa shape index (κ1) is 36.3. The fraction of sp³-hybridized carbons (Fsp3) is 0.529. The summed E-state index contributed by atoms with van der Waals surface area (Å²) < 4.78 is 44.5. The van der Waals surface area contributed by atoms with Gasteiger partial charge in [-0.15, -0.1) is 11.8 Å². The molecule has 1 N–H and O–H groups in total. The molecule has 0 aliphatic carbocycles. The third-order valence-corrected chi connectivity index (χ3v) is 10.6. The van der Waals surface area contributed by atoms with E-state index in [1.165, 1.54) is 24.1 Å². The normalized spacial score (nSPS) is 15.3. The van der Waals surface area contributed by atoms with Gasteiger partial charge < -0.3 is 19.1 Å². The van der Waals surface area contributed by atoms with Gasteiger partial charge in [0.05, 0.1) is 46.8 Å². The van der Waals surface area contributed by atoms with E-state index in [4.69, 9.17) is 14.2 Å². The highest BCUT2D eigenvalue weighted by Gasteiger charge is 2.42. The number of hydrogen-bond acceptors (Lipinski definition) is 9. The number of carbonyl (C=O) groups is 2. The van der Waals surface area contributed by atoms with E-state index in [1.54, 1.807) is 13.0 Å². The lowest BCUT2D eigenvalue weighted by Crippen LogP contribution is -2.38. The number of nitrogens with one attached hydrogen (secondary N) is 1. The molecule has 9 nitrogen and oxygen atoms in total. The smallest absolute Gasteiger partial charge is 0.411 e. The molecule has 0 saturated heterocycles. The van der Waals surface area contributed by atoms with Crippen LogP contribution in [0.2, 0.25) is 0 Å². The molecule has 0 fully saturated rings. The summed E-state index contributed by atoms with van der Waals surface area (Å²) in [7, 11) is -3.74. The topological polar surface area (TPSA) is 111 Å². The van der Waals surface area contributed by atoms with Crippen molar-refractivity contribution in [3.05, 3.63) is 48.7 Å². The Morgan fingerprint density at radius 2 is 1.64 bits per heavy atom.